The molecule has 3 aromatic carbocycles. The van der Waals surface area contributed by atoms with Gasteiger partial charge in [-0.3, -0.25) is 9.69 Å². The first-order valence-corrected chi connectivity index (χ1v) is 19.5. The molecule has 0 radical (unpaired) electrons. The molecule has 15 heteroatoms. The number of benzene rings is 3. The molecule has 2 N–H and O–H groups in total. The highest BCUT2D eigenvalue weighted by Crippen LogP contribution is 2.38. The average molecular weight is 826 g/mol. The molecular weight excluding hydrogens is 783 g/mol. The zero-order chi connectivity index (χ0) is 40.1. The van der Waals surface area contributed by atoms with Crippen molar-refractivity contribution in [3.05, 3.63) is 117 Å². The maximum absolute atomic E-state index is 13.9. The van der Waals surface area contributed by atoms with Gasteiger partial charge < -0.3 is 29.0 Å². The number of hydrogen-bond acceptors (Lipinski definition) is 9. The van der Waals surface area contributed by atoms with Gasteiger partial charge in [0.1, 0.15) is 28.0 Å². The van der Waals surface area contributed by atoms with E-state index in [0.717, 1.165) is 38.8 Å². The van der Waals surface area contributed by atoms with Crippen LogP contribution in [0.2, 0.25) is 10.0 Å². The average Bonchev–Trinajstić information content (AvgIpc) is 4.05. The first kappa shape index (κ1) is 40.2. The van der Waals surface area contributed by atoms with Crippen molar-refractivity contribution < 1.29 is 51.8 Å². The normalized spacial score (nSPS) is 19.6. The molecule has 4 aromatic rings. The number of nitrogens with zero attached hydrogens (tertiary/aromatic N) is 1. The summed E-state index contributed by atoms with van der Waals surface area (Å²) in [4.78, 5) is 46.7. The number of amides is 1. The summed E-state index contributed by atoms with van der Waals surface area (Å²) in [6.45, 7) is -0.190. The van der Waals surface area contributed by atoms with Crippen molar-refractivity contribution in [3.8, 4) is 17.2 Å². The SMILES string of the molecule is COc1cccc(C(NC(=O)c2cccc(C(=O)O[C@@H](Cc3c(Cl)c[nH+]cc3Cl)c3ccc(OC(F)F)c(OCC4CC4)c3)c2)C(=O)O[C@H]2CN3CCC2CC3)c1. The van der Waals surface area contributed by atoms with Crippen LogP contribution >= 0.6 is 23.2 Å². The monoisotopic (exact) mass is 824 g/mol. The molecule has 1 amide bonds. The molecule has 1 aromatic heterocycles. The first-order valence-electron chi connectivity index (χ1n) is 18.8. The molecule has 8 rings (SSSR count). The number of fused-ring (bicyclic) bond motifs is 3. The Kier molecular flexibility index (Phi) is 12.8. The van der Waals surface area contributed by atoms with Crippen LogP contribution in [-0.4, -0.2) is 68.8 Å². The van der Waals surface area contributed by atoms with Gasteiger partial charge in [-0.05, 0) is 104 Å². The van der Waals surface area contributed by atoms with Crippen LogP contribution in [0.15, 0.2) is 79.1 Å². The zero-order valence-electron chi connectivity index (χ0n) is 31.1. The van der Waals surface area contributed by atoms with Crippen molar-refractivity contribution in [3.63, 3.8) is 0 Å². The standard InChI is InChI=1S/C42H41Cl2F2N3O8/c1-53-30-7-3-4-27(17-30)38(41(52)56-37-22-49-14-12-25(37)13-15-49)48-39(50)28-5-2-6-29(16-28)40(51)55-35(19-31-32(43)20-47-21-33(31)44)26-10-11-34(57-42(45)46)36(18-26)54-23-24-8-9-24/h2-7,10-11,16-18,20-21,24-25,35,37-38,42H,8-9,12-15,19,22-23H2,1H3,(H,48,50)/p+1/t35-,37-,38?/m0/s1. The minimum Gasteiger partial charge on any atom is -0.497 e. The maximum Gasteiger partial charge on any atom is 0.387 e. The molecule has 1 unspecified atom stereocenters. The van der Waals surface area contributed by atoms with E-state index in [4.69, 9.17) is 46.9 Å². The third-order valence-electron chi connectivity index (χ3n) is 10.5. The first-order chi connectivity index (χ1) is 27.5. The van der Waals surface area contributed by atoms with Gasteiger partial charge in [-0.25, -0.2) is 14.6 Å². The molecule has 57 heavy (non-hydrogen) atoms. The predicted molar refractivity (Wildman–Crippen MR) is 205 cm³/mol. The number of alkyl halides is 2. The highest BCUT2D eigenvalue weighted by atomic mass is 35.5. The van der Waals surface area contributed by atoms with Crippen LogP contribution in [0.3, 0.4) is 0 Å². The molecule has 300 valence electrons. The van der Waals surface area contributed by atoms with E-state index >= 15 is 0 Å². The lowest BCUT2D eigenvalue weighted by atomic mass is 9.86. The summed E-state index contributed by atoms with van der Waals surface area (Å²) < 4.78 is 54.7. The second-order valence-corrected chi connectivity index (χ2v) is 15.3. The topological polar surface area (TPSA) is 127 Å². The fourth-order valence-electron chi connectivity index (χ4n) is 7.17. The predicted octanol–water partition coefficient (Wildman–Crippen LogP) is 7.46. The van der Waals surface area contributed by atoms with Crippen molar-refractivity contribution in [1.29, 1.82) is 0 Å². The highest BCUT2D eigenvalue weighted by molar-refractivity contribution is 6.35. The van der Waals surface area contributed by atoms with Crippen LogP contribution in [0.4, 0.5) is 8.78 Å². The number of hydrogen-bond donors (Lipinski definition) is 1. The molecule has 4 heterocycles. The zero-order valence-corrected chi connectivity index (χ0v) is 32.6. The summed E-state index contributed by atoms with van der Waals surface area (Å²) in [6.07, 6.45) is 5.53. The smallest absolute Gasteiger partial charge is 0.387 e. The van der Waals surface area contributed by atoms with E-state index in [0.29, 0.717) is 41.5 Å². The summed E-state index contributed by atoms with van der Waals surface area (Å²) in [5, 5.41) is 3.38. The molecule has 11 nitrogen and oxygen atoms in total. The Bertz CT molecular complexity index is 2080. The van der Waals surface area contributed by atoms with Crippen LogP contribution in [0, 0.1) is 11.8 Å². The third-order valence-corrected chi connectivity index (χ3v) is 11.2. The van der Waals surface area contributed by atoms with Crippen LogP contribution in [0.25, 0.3) is 0 Å². The highest BCUT2D eigenvalue weighted by Gasteiger charge is 2.38. The largest absolute Gasteiger partial charge is 0.497 e. The molecule has 2 bridgehead atoms. The van der Waals surface area contributed by atoms with Crippen molar-refractivity contribution in [2.45, 2.75) is 57.0 Å². The molecule has 3 aliphatic heterocycles. The van der Waals surface area contributed by atoms with Crippen LogP contribution in [0.5, 0.6) is 17.2 Å². The fourth-order valence-corrected chi connectivity index (χ4v) is 7.70. The van der Waals surface area contributed by atoms with E-state index < -0.39 is 36.6 Å². The van der Waals surface area contributed by atoms with Gasteiger partial charge in [0, 0.05) is 24.1 Å². The molecule has 3 saturated heterocycles. The number of carbonyl (C=O) groups excluding carboxylic acids is 3. The van der Waals surface area contributed by atoms with Crippen LogP contribution in [-0.2, 0) is 20.7 Å². The molecule has 0 spiro atoms. The number of carbonyl (C=O) groups is 3. The van der Waals surface area contributed by atoms with E-state index in [2.05, 4.69) is 15.2 Å². The number of methoxy groups -OCH3 is 1. The van der Waals surface area contributed by atoms with Gasteiger partial charge >= 0.3 is 18.6 Å². The molecule has 4 aliphatic rings. The second kappa shape index (κ2) is 18.1. The summed E-state index contributed by atoms with van der Waals surface area (Å²) in [5.41, 5.74) is 1.44. The molecule has 1 saturated carbocycles. The Morgan fingerprint density at radius 3 is 2.32 bits per heavy atom. The van der Waals surface area contributed by atoms with Gasteiger partial charge in [0.15, 0.2) is 29.9 Å². The van der Waals surface area contributed by atoms with Crippen molar-refractivity contribution in [2.24, 2.45) is 11.8 Å². The summed E-state index contributed by atoms with van der Waals surface area (Å²) in [7, 11) is 1.51. The van der Waals surface area contributed by atoms with Gasteiger partial charge in [0.25, 0.3) is 5.91 Å². The van der Waals surface area contributed by atoms with E-state index in [9.17, 15) is 23.2 Å². The summed E-state index contributed by atoms with van der Waals surface area (Å²) in [6, 6.07) is 15.8. The summed E-state index contributed by atoms with van der Waals surface area (Å²) >= 11 is 13.0. The molecule has 4 fully saturated rings. The van der Waals surface area contributed by atoms with Gasteiger partial charge in [-0.1, -0.05) is 47.5 Å². The Morgan fingerprint density at radius 1 is 0.895 bits per heavy atom. The number of halogens is 4. The Morgan fingerprint density at radius 2 is 1.63 bits per heavy atom. The quantitative estimate of drug-likeness (QED) is 0.115. The Labute approximate surface area is 338 Å². The third kappa shape index (κ3) is 10.1. The minimum atomic E-state index is -3.09. The number of aromatic amines is 1. The van der Waals surface area contributed by atoms with E-state index in [1.807, 2.05) is 0 Å². The molecular formula is C42H42Cl2F2N3O8+. The number of pyridine rings is 1. The van der Waals surface area contributed by atoms with Crippen molar-refractivity contribution in [1.82, 2.24) is 10.2 Å². The lowest BCUT2D eigenvalue weighted by Gasteiger charge is -2.44. The van der Waals surface area contributed by atoms with Crippen molar-refractivity contribution >= 4 is 41.0 Å². The summed E-state index contributed by atoms with van der Waals surface area (Å²) in [5.74, 6) is -1.07. The Hall–Kier alpha value is -4.98. The van der Waals surface area contributed by atoms with Crippen LogP contribution < -0.4 is 24.5 Å². The lowest BCUT2D eigenvalue weighted by molar-refractivity contribution is -0.377. The fraction of sp³-hybridized carbons (Fsp3) is 0.381. The minimum absolute atomic E-state index is 0.000674. The van der Waals surface area contributed by atoms with Crippen molar-refractivity contribution in [2.75, 3.05) is 33.4 Å². The van der Waals surface area contributed by atoms with E-state index in [1.54, 1.807) is 24.3 Å². The van der Waals surface area contributed by atoms with E-state index in [-0.39, 0.29) is 51.1 Å². The van der Waals surface area contributed by atoms with Gasteiger partial charge in [0.05, 0.1) is 19.3 Å². The maximum atomic E-state index is 13.9. The van der Waals surface area contributed by atoms with Gasteiger partial charge in [-0.15, -0.1) is 0 Å². The lowest BCUT2D eigenvalue weighted by Crippen LogP contribution is -2.52. The van der Waals surface area contributed by atoms with Gasteiger partial charge in [-0.2, -0.15) is 8.78 Å². The number of nitrogens with one attached hydrogen (secondary N) is 2. The van der Waals surface area contributed by atoms with Gasteiger partial charge in [0.2, 0.25) is 0 Å². The van der Waals surface area contributed by atoms with E-state index in [1.165, 1.54) is 62.0 Å². The number of aromatic nitrogens is 1. The Balaban J connectivity index is 1.13. The number of ether oxygens (including phenoxy) is 5. The molecule has 1 aliphatic carbocycles. The molecule has 3 atom stereocenters. The number of rotatable bonds is 16. The number of H-pyrrole nitrogens is 1. The number of esters is 2. The number of piperidine rings is 3. The van der Waals surface area contributed by atoms with Crippen LogP contribution in [0.1, 0.15) is 75.2 Å². The second-order valence-electron chi connectivity index (χ2n) is 14.4.